The number of hydrogen-bond acceptors (Lipinski definition) is 4. The van der Waals surface area contributed by atoms with Crippen molar-refractivity contribution in [3.63, 3.8) is 0 Å². The van der Waals surface area contributed by atoms with Gasteiger partial charge in [-0.2, -0.15) is 0 Å². The third kappa shape index (κ3) is 5.24. The molecular formula is C20H23NO5. The lowest BCUT2D eigenvalue weighted by Crippen LogP contribution is -2.26. The molecule has 0 spiro atoms. The monoisotopic (exact) mass is 357 g/mol. The molecule has 0 saturated heterocycles. The Morgan fingerprint density at radius 1 is 1.00 bits per heavy atom. The van der Waals surface area contributed by atoms with Crippen molar-refractivity contribution in [2.75, 3.05) is 20.8 Å². The first-order chi connectivity index (χ1) is 12.5. The predicted octanol–water partition coefficient (Wildman–Crippen LogP) is 2.69. The minimum atomic E-state index is -0.979. The van der Waals surface area contributed by atoms with Crippen LogP contribution >= 0.6 is 0 Å². The van der Waals surface area contributed by atoms with E-state index in [0.717, 1.165) is 5.56 Å². The second kappa shape index (κ2) is 9.46. The van der Waals surface area contributed by atoms with Crippen LogP contribution in [0.25, 0.3) is 0 Å². The van der Waals surface area contributed by atoms with Crippen LogP contribution < -0.4 is 14.8 Å². The number of methoxy groups -OCH3 is 2. The van der Waals surface area contributed by atoms with E-state index in [1.807, 2.05) is 12.1 Å². The van der Waals surface area contributed by atoms with Gasteiger partial charge in [-0.15, -0.1) is 0 Å². The van der Waals surface area contributed by atoms with Gasteiger partial charge >= 0.3 is 5.97 Å². The number of carboxylic acid groups (broad SMARTS) is 1. The molecule has 2 rings (SSSR count). The maximum absolute atomic E-state index is 12.0. The molecule has 1 amide bonds. The standard InChI is InChI=1S/C20H23NO5/c1-25-16-9-7-15(18(13-16)26-2)11-12-21-19(22)10-8-14-5-3-4-6-17(14)20(23)24/h3-7,9,13H,8,10-12H2,1-2H3,(H,21,22)(H,23,24). The van der Waals surface area contributed by atoms with Crippen molar-refractivity contribution in [3.8, 4) is 11.5 Å². The van der Waals surface area contributed by atoms with Crippen molar-refractivity contribution in [2.24, 2.45) is 0 Å². The van der Waals surface area contributed by atoms with Crippen LogP contribution in [0.4, 0.5) is 0 Å². The van der Waals surface area contributed by atoms with Gasteiger partial charge < -0.3 is 19.9 Å². The van der Waals surface area contributed by atoms with Gasteiger partial charge in [0.2, 0.25) is 5.91 Å². The van der Waals surface area contributed by atoms with E-state index in [1.54, 1.807) is 44.6 Å². The van der Waals surface area contributed by atoms with Crippen LogP contribution in [0, 0.1) is 0 Å². The number of carbonyl (C=O) groups excluding carboxylic acids is 1. The smallest absolute Gasteiger partial charge is 0.335 e. The fourth-order valence-electron chi connectivity index (χ4n) is 2.68. The van der Waals surface area contributed by atoms with Crippen LogP contribution in [-0.2, 0) is 17.6 Å². The Morgan fingerprint density at radius 3 is 2.46 bits per heavy atom. The fraction of sp³-hybridized carbons (Fsp3) is 0.300. The molecule has 2 aromatic rings. The second-order valence-electron chi connectivity index (χ2n) is 5.74. The molecule has 0 aliphatic heterocycles. The molecule has 0 saturated carbocycles. The van der Waals surface area contributed by atoms with E-state index in [-0.39, 0.29) is 17.9 Å². The van der Waals surface area contributed by atoms with Crippen LogP contribution in [0.3, 0.4) is 0 Å². The quantitative estimate of drug-likeness (QED) is 0.721. The van der Waals surface area contributed by atoms with Crippen LogP contribution in [0.2, 0.25) is 0 Å². The largest absolute Gasteiger partial charge is 0.497 e. The van der Waals surface area contributed by atoms with E-state index in [0.29, 0.717) is 36.4 Å². The highest BCUT2D eigenvalue weighted by Gasteiger charge is 2.11. The van der Waals surface area contributed by atoms with Gasteiger partial charge in [0, 0.05) is 19.0 Å². The van der Waals surface area contributed by atoms with E-state index in [4.69, 9.17) is 14.6 Å². The summed E-state index contributed by atoms with van der Waals surface area (Å²) in [4.78, 5) is 23.2. The molecule has 0 unspecified atom stereocenters. The van der Waals surface area contributed by atoms with Crippen LogP contribution in [0.15, 0.2) is 42.5 Å². The van der Waals surface area contributed by atoms with Crippen molar-refractivity contribution in [1.29, 1.82) is 0 Å². The van der Waals surface area contributed by atoms with Gasteiger partial charge in [0.15, 0.2) is 0 Å². The minimum absolute atomic E-state index is 0.113. The Morgan fingerprint density at radius 2 is 1.77 bits per heavy atom. The third-order valence-corrected chi connectivity index (χ3v) is 4.08. The summed E-state index contributed by atoms with van der Waals surface area (Å²) < 4.78 is 10.5. The molecule has 0 aliphatic rings. The van der Waals surface area contributed by atoms with E-state index in [2.05, 4.69) is 5.32 Å². The normalized spacial score (nSPS) is 10.2. The lowest BCUT2D eigenvalue weighted by Gasteiger charge is -2.11. The molecule has 0 aliphatic carbocycles. The molecule has 6 heteroatoms. The van der Waals surface area contributed by atoms with Crippen LogP contribution in [0.5, 0.6) is 11.5 Å². The maximum Gasteiger partial charge on any atom is 0.335 e. The molecule has 0 atom stereocenters. The first-order valence-corrected chi connectivity index (χ1v) is 8.34. The number of benzene rings is 2. The molecule has 138 valence electrons. The van der Waals surface area contributed by atoms with Crippen LogP contribution in [-0.4, -0.2) is 37.7 Å². The first kappa shape index (κ1) is 19.3. The molecule has 2 N–H and O–H groups in total. The Bertz CT molecular complexity index is 773. The number of ether oxygens (including phenoxy) is 2. The lowest BCUT2D eigenvalue weighted by molar-refractivity contribution is -0.121. The number of aromatic carboxylic acids is 1. The Hall–Kier alpha value is -3.02. The second-order valence-corrected chi connectivity index (χ2v) is 5.74. The summed E-state index contributed by atoms with van der Waals surface area (Å²) in [7, 11) is 3.19. The van der Waals surface area contributed by atoms with Gasteiger partial charge in [-0.05, 0) is 36.1 Å². The maximum atomic E-state index is 12.0. The van der Waals surface area contributed by atoms with E-state index in [1.165, 1.54) is 0 Å². The molecule has 6 nitrogen and oxygen atoms in total. The summed E-state index contributed by atoms with van der Waals surface area (Å²) in [6, 6.07) is 12.3. The Kier molecular flexibility index (Phi) is 7.02. The number of nitrogens with one attached hydrogen (secondary N) is 1. The SMILES string of the molecule is COc1ccc(CCNC(=O)CCc2ccccc2C(=O)O)c(OC)c1. The lowest BCUT2D eigenvalue weighted by atomic mass is 10.0. The Labute approximate surface area is 152 Å². The number of carboxylic acids is 1. The van der Waals surface area contributed by atoms with Gasteiger partial charge in [-0.1, -0.05) is 24.3 Å². The minimum Gasteiger partial charge on any atom is -0.497 e. The summed E-state index contributed by atoms with van der Waals surface area (Å²) in [6.07, 6.45) is 1.26. The number of aryl methyl sites for hydroxylation is 1. The highest BCUT2D eigenvalue weighted by Crippen LogP contribution is 2.24. The molecule has 0 heterocycles. The van der Waals surface area contributed by atoms with Gasteiger partial charge in [-0.3, -0.25) is 4.79 Å². The molecule has 2 aromatic carbocycles. The van der Waals surface area contributed by atoms with Crippen molar-refractivity contribution < 1.29 is 24.2 Å². The van der Waals surface area contributed by atoms with E-state index < -0.39 is 5.97 Å². The summed E-state index contributed by atoms with van der Waals surface area (Å²) in [5.74, 6) is 0.339. The summed E-state index contributed by atoms with van der Waals surface area (Å²) in [6.45, 7) is 0.474. The molecular weight excluding hydrogens is 334 g/mol. The first-order valence-electron chi connectivity index (χ1n) is 8.34. The van der Waals surface area contributed by atoms with Crippen molar-refractivity contribution in [3.05, 3.63) is 59.2 Å². The number of hydrogen-bond donors (Lipinski definition) is 2. The number of amides is 1. The predicted molar refractivity (Wildman–Crippen MR) is 98.0 cm³/mol. The molecule has 26 heavy (non-hydrogen) atoms. The fourth-order valence-corrected chi connectivity index (χ4v) is 2.68. The summed E-state index contributed by atoms with van der Waals surface area (Å²) in [5, 5.41) is 12.0. The van der Waals surface area contributed by atoms with Gasteiger partial charge in [0.25, 0.3) is 0 Å². The Balaban J connectivity index is 1.84. The number of rotatable bonds is 9. The average molecular weight is 357 g/mol. The van der Waals surface area contributed by atoms with E-state index >= 15 is 0 Å². The van der Waals surface area contributed by atoms with Gasteiger partial charge in [0.1, 0.15) is 11.5 Å². The topological polar surface area (TPSA) is 84.9 Å². The number of carbonyl (C=O) groups is 2. The molecule has 0 aromatic heterocycles. The van der Waals surface area contributed by atoms with Gasteiger partial charge in [0.05, 0.1) is 19.8 Å². The molecule has 0 fully saturated rings. The summed E-state index contributed by atoms with van der Waals surface area (Å²) >= 11 is 0. The van der Waals surface area contributed by atoms with Crippen molar-refractivity contribution in [2.45, 2.75) is 19.3 Å². The molecule has 0 radical (unpaired) electrons. The highest BCUT2D eigenvalue weighted by molar-refractivity contribution is 5.89. The highest BCUT2D eigenvalue weighted by atomic mass is 16.5. The zero-order chi connectivity index (χ0) is 18.9. The molecule has 0 bridgehead atoms. The average Bonchev–Trinajstić information content (AvgIpc) is 2.66. The third-order valence-electron chi connectivity index (χ3n) is 4.08. The van der Waals surface area contributed by atoms with Crippen molar-refractivity contribution >= 4 is 11.9 Å². The van der Waals surface area contributed by atoms with Crippen LogP contribution in [0.1, 0.15) is 27.9 Å². The zero-order valence-electron chi connectivity index (χ0n) is 15.0. The van der Waals surface area contributed by atoms with E-state index in [9.17, 15) is 9.59 Å². The summed E-state index contributed by atoms with van der Waals surface area (Å²) in [5.41, 5.74) is 1.88. The van der Waals surface area contributed by atoms with Gasteiger partial charge in [-0.25, -0.2) is 4.79 Å². The van der Waals surface area contributed by atoms with Crippen molar-refractivity contribution in [1.82, 2.24) is 5.32 Å². The zero-order valence-corrected chi connectivity index (χ0v) is 15.0.